The van der Waals surface area contributed by atoms with Gasteiger partial charge in [0.1, 0.15) is 30.8 Å². The van der Waals surface area contributed by atoms with Crippen LogP contribution in [0.4, 0.5) is 4.79 Å². The fourth-order valence-electron chi connectivity index (χ4n) is 5.88. The largest absolute Gasteiger partial charge is 0.463 e. The van der Waals surface area contributed by atoms with E-state index in [2.05, 4.69) is 0 Å². The zero-order valence-corrected chi connectivity index (χ0v) is 28.4. The van der Waals surface area contributed by atoms with Crippen LogP contribution in [-0.2, 0) is 66.7 Å². The minimum absolute atomic E-state index is 0.0867. The van der Waals surface area contributed by atoms with E-state index in [0.717, 1.165) is 37.5 Å². The first kappa shape index (κ1) is 37.2. The molecule has 1 amide bonds. The lowest BCUT2D eigenvalue weighted by molar-refractivity contribution is -0.197. The van der Waals surface area contributed by atoms with Gasteiger partial charge in [-0.05, 0) is 12.1 Å². The van der Waals surface area contributed by atoms with Crippen LogP contribution in [0.3, 0.4) is 0 Å². The molecule has 2 fully saturated rings. The number of amides is 1. The smallest absolute Gasteiger partial charge is 0.411 e. The van der Waals surface area contributed by atoms with Gasteiger partial charge in [0.15, 0.2) is 30.5 Å². The van der Waals surface area contributed by atoms with Gasteiger partial charge in [-0.15, -0.1) is 0 Å². The van der Waals surface area contributed by atoms with Crippen molar-refractivity contribution < 1.29 is 71.5 Å². The van der Waals surface area contributed by atoms with E-state index in [1.807, 2.05) is 6.07 Å². The molecule has 1 aliphatic carbocycles. The number of ether oxygens (including phenoxy) is 8. The van der Waals surface area contributed by atoms with E-state index in [1.165, 1.54) is 31.7 Å². The van der Waals surface area contributed by atoms with E-state index >= 15 is 0 Å². The van der Waals surface area contributed by atoms with Gasteiger partial charge in [0, 0.05) is 52.0 Å². The molecule has 17 heteroatoms. The quantitative estimate of drug-likeness (QED) is 0.183. The Hall–Kier alpha value is -4.64. The number of rotatable bonds is 11. The van der Waals surface area contributed by atoms with Crippen LogP contribution in [0.1, 0.15) is 41.5 Å². The average Bonchev–Trinajstić information content (AvgIpc) is 3.35. The third kappa shape index (κ3) is 9.29. The van der Waals surface area contributed by atoms with Crippen molar-refractivity contribution in [3.8, 4) is 0 Å². The molecule has 16 nitrogen and oxygen atoms in total. The summed E-state index contributed by atoms with van der Waals surface area (Å²) in [7, 11) is 0. The molecule has 266 valence electrons. The van der Waals surface area contributed by atoms with Gasteiger partial charge in [-0.25, -0.2) is 4.79 Å². The minimum Gasteiger partial charge on any atom is -0.463 e. The molecule has 0 spiro atoms. The number of esters is 6. The van der Waals surface area contributed by atoms with Crippen molar-refractivity contribution in [1.29, 1.82) is 0 Å². The molecule has 0 radical (unpaired) electrons. The van der Waals surface area contributed by atoms with Gasteiger partial charge in [0.2, 0.25) is 0 Å². The number of fused-ring (bicyclic) bond motifs is 1. The number of carbonyl (C=O) groups is 7. The maximum Gasteiger partial charge on any atom is 0.411 e. The molecule has 0 aromatic heterocycles. The molecule has 2 aliphatic heterocycles. The van der Waals surface area contributed by atoms with Crippen molar-refractivity contribution in [2.45, 2.75) is 101 Å². The predicted octanol–water partition coefficient (Wildman–Crippen LogP) is 1.85. The van der Waals surface area contributed by atoms with Crippen LogP contribution >= 0.6 is 11.8 Å². The molecule has 3 aliphatic rings. The molecule has 49 heavy (non-hydrogen) atoms. The van der Waals surface area contributed by atoms with Gasteiger partial charge in [-0.1, -0.05) is 36.0 Å². The highest BCUT2D eigenvalue weighted by atomic mass is 32.2. The van der Waals surface area contributed by atoms with Gasteiger partial charge >= 0.3 is 41.9 Å². The fourth-order valence-corrected chi connectivity index (χ4v) is 7.00. The summed E-state index contributed by atoms with van der Waals surface area (Å²) in [5.41, 5.74) is -0.864. The number of thioether (sulfide) groups is 1. The highest BCUT2D eigenvalue weighted by molar-refractivity contribution is 7.99. The van der Waals surface area contributed by atoms with E-state index < -0.39 is 103 Å². The zero-order chi connectivity index (χ0) is 36.0. The van der Waals surface area contributed by atoms with Crippen molar-refractivity contribution in [3.63, 3.8) is 0 Å². The van der Waals surface area contributed by atoms with E-state index in [9.17, 15) is 33.6 Å². The molecule has 2 saturated heterocycles. The van der Waals surface area contributed by atoms with Gasteiger partial charge in [0.05, 0.1) is 6.04 Å². The summed E-state index contributed by atoms with van der Waals surface area (Å²) in [6.45, 7) is 5.93. The van der Waals surface area contributed by atoms with Crippen LogP contribution in [0.2, 0.25) is 0 Å². The Bertz CT molecular complexity index is 1480. The summed E-state index contributed by atoms with van der Waals surface area (Å²) in [6, 6.07) is 6.50. The van der Waals surface area contributed by atoms with Crippen molar-refractivity contribution in [2.24, 2.45) is 0 Å². The summed E-state index contributed by atoms with van der Waals surface area (Å²) < 4.78 is 45.2. The fraction of sp³-hybridized carbons (Fsp3) is 0.531. The van der Waals surface area contributed by atoms with Crippen molar-refractivity contribution in [3.05, 3.63) is 42.0 Å². The molecule has 4 rings (SSSR count). The SMILES string of the molecule is CC(=O)OCC1=C[C@@H](N2C(=O)O[C@@H]3[C@@H](OC(C)=O)[C@H](Sc4ccccc4)O[C@H](COC(C)=O)[C@H]32)[C@H](OC(C)=O)[C@@H](OC(C)=O)[C@@H]1OC(C)=O. The van der Waals surface area contributed by atoms with Gasteiger partial charge in [-0.2, -0.15) is 0 Å². The lowest BCUT2D eigenvalue weighted by Crippen LogP contribution is -2.66. The van der Waals surface area contributed by atoms with Crippen molar-refractivity contribution >= 4 is 53.7 Å². The Morgan fingerprint density at radius 3 is 1.88 bits per heavy atom. The summed E-state index contributed by atoms with van der Waals surface area (Å²) in [5, 5.41) is 0. The number of hydrogen-bond acceptors (Lipinski definition) is 16. The first-order valence-electron chi connectivity index (χ1n) is 15.2. The molecule has 1 aromatic carbocycles. The third-order valence-electron chi connectivity index (χ3n) is 7.51. The highest BCUT2D eigenvalue weighted by Crippen LogP contribution is 2.43. The molecule has 1 aromatic rings. The molecule has 9 atom stereocenters. The van der Waals surface area contributed by atoms with Crippen LogP contribution in [0.15, 0.2) is 46.9 Å². The van der Waals surface area contributed by atoms with Crippen LogP contribution in [0, 0.1) is 0 Å². The van der Waals surface area contributed by atoms with Gasteiger partial charge in [-0.3, -0.25) is 33.7 Å². The standard InChI is InChI=1S/C32H37NO15S/c1-15(34)41-13-21-12-23(27(44-18(4)37)29(45-19(5)38)26(21)43-17(3)36)33-25-24(14-42-16(2)35)47-31(49-22-10-8-7-9-11-22)30(46-20(6)39)28(25)48-32(33)40/h7-12,23-31H,13-14H2,1-6H3/t23-,24-,25-,26-,27+,28+,29+,30-,31+/m1/s1. The van der Waals surface area contributed by atoms with E-state index in [1.54, 1.807) is 24.3 Å². The summed E-state index contributed by atoms with van der Waals surface area (Å²) in [5.74, 6) is -4.54. The second kappa shape index (κ2) is 16.2. The summed E-state index contributed by atoms with van der Waals surface area (Å²) >= 11 is 1.19. The number of hydrogen-bond donors (Lipinski definition) is 0. The van der Waals surface area contributed by atoms with Crippen LogP contribution in [-0.4, -0.2) is 114 Å². The second-order valence-corrected chi connectivity index (χ2v) is 12.5. The van der Waals surface area contributed by atoms with Gasteiger partial charge < -0.3 is 37.9 Å². The number of carbonyl (C=O) groups excluding carboxylic acids is 7. The molecule has 0 bridgehead atoms. The first-order chi connectivity index (χ1) is 23.2. The first-order valence-corrected chi connectivity index (χ1v) is 16.1. The average molecular weight is 708 g/mol. The lowest BCUT2D eigenvalue weighted by Gasteiger charge is -2.47. The van der Waals surface area contributed by atoms with E-state index in [4.69, 9.17) is 37.9 Å². The number of benzene rings is 1. The molecular weight excluding hydrogens is 670 g/mol. The molecule has 0 saturated carbocycles. The third-order valence-corrected chi connectivity index (χ3v) is 8.66. The Morgan fingerprint density at radius 2 is 1.31 bits per heavy atom. The Balaban J connectivity index is 1.87. The predicted molar refractivity (Wildman–Crippen MR) is 164 cm³/mol. The topological polar surface area (TPSA) is 197 Å². The summed E-state index contributed by atoms with van der Waals surface area (Å²) in [4.78, 5) is 89.0. The Kier molecular flexibility index (Phi) is 12.3. The van der Waals surface area contributed by atoms with E-state index in [-0.39, 0.29) is 12.2 Å². The zero-order valence-electron chi connectivity index (χ0n) is 27.6. The Morgan fingerprint density at radius 1 is 0.735 bits per heavy atom. The number of nitrogens with zero attached hydrogens (tertiary/aromatic N) is 1. The highest BCUT2D eigenvalue weighted by Gasteiger charge is 2.62. The van der Waals surface area contributed by atoms with Crippen molar-refractivity contribution in [2.75, 3.05) is 13.2 Å². The maximum atomic E-state index is 14.0. The molecule has 2 heterocycles. The van der Waals surface area contributed by atoms with Crippen LogP contribution < -0.4 is 0 Å². The second-order valence-electron chi connectivity index (χ2n) is 11.3. The molecule has 0 N–H and O–H groups in total. The lowest BCUT2D eigenvalue weighted by atomic mass is 9.85. The Labute approximate surface area is 285 Å². The van der Waals surface area contributed by atoms with Crippen molar-refractivity contribution in [1.82, 2.24) is 4.90 Å². The monoisotopic (exact) mass is 707 g/mol. The normalized spacial score (nSPS) is 28.9. The molecule has 0 unspecified atom stereocenters. The minimum atomic E-state index is -1.54. The van der Waals surface area contributed by atoms with E-state index in [0.29, 0.717) is 0 Å². The molecular formula is C32H37NO15S. The van der Waals surface area contributed by atoms with Crippen LogP contribution in [0.25, 0.3) is 0 Å². The van der Waals surface area contributed by atoms with Crippen LogP contribution in [0.5, 0.6) is 0 Å². The van der Waals surface area contributed by atoms with Gasteiger partial charge in [0.25, 0.3) is 0 Å². The maximum absolute atomic E-state index is 14.0. The summed E-state index contributed by atoms with van der Waals surface area (Å²) in [6.07, 6.45) is -7.57.